The van der Waals surface area contributed by atoms with Crippen molar-refractivity contribution in [1.82, 2.24) is 10.2 Å². The summed E-state index contributed by atoms with van der Waals surface area (Å²) in [5.74, 6) is 1.49. The molecule has 1 atom stereocenters. The van der Waals surface area contributed by atoms with E-state index in [2.05, 4.69) is 53.7 Å². The molecule has 3 rings (SSSR count). The lowest BCUT2D eigenvalue weighted by molar-refractivity contribution is -0.0182. The van der Waals surface area contributed by atoms with Crippen molar-refractivity contribution in [2.75, 3.05) is 47.5 Å². The molecule has 0 aliphatic carbocycles. The van der Waals surface area contributed by atoms with Crippen LogP contribution in [-0.4, -0.2) is 58.5 Å². The van der Waals surface area contributed by atoms with Gasteiger partial charge in [0.1, 0.15) is 0 Å². The van der Waals surface area contributed by atoms with Gasteiger partial charge >= 0.3 is 0 Å². The summed E-state index contributed by atoms with van der Waals surface area (Å²) in [5.41, 5.74) is 3.49. The molecule has 2 aromatic rings. The average Bonchev–Trinajstić information content (AvgIpc) is 2.68. The number of ether oxygens (including phenoxy) is 3. The number of hydrogen-bond acceptors (Lipinski definition) is 5. The summed E-state index contributed by atoms with van der Waals surface area (Å²) in [4.78, 5) is 2.31. The van der Waals surface area contributed by atoms with E-state index in [1.807, 2.05) is 6.07 Å². The zero-order valence-electron chi connectivity index (χ0n) is 15.8. The predicted molar refractivity (Wildman–Crippen MR) is 104 cm³/mol. The molecule has 26 heavy (non-hydrogen) atoms. The SMILES string of the molecule is COc1cc(CNC[C@H]2CN(C)CCO2)c(-c2ccccc2)cc1OC. The van der Waals surface area contributed by atoms with Crippen LogP contribution in [0.15, 0.2) is 42.5 Å². The molecule has 1 aliphatic heterocycles. The Morgan fingerprint density at radius 1 is 1.12 bits per heavy atom. The number of nitrogens with one attached hydrogen (secondary N) is 1. The van der Waals surface area contributed by atoms with Gasteiger partial charge in [-0.3, -0.25) is 0 Å². The minimum absolute atomic E-state index is 0.231. The average molecular weight is 356 g/mol. The van der Waals surface area contributed by atoms with E-state index < -0.39 is 0 Å². The lowest BCUT2D eigenvalue weighted by Gasteiger charge is -2.30. The maximum Gasteiger partial charge on any atom is 0.161 e. The Morgan fingerprint density at radius 3 is 2.54 bits per heavy atom. The molecule has 0 amide bonds. The summed E-state index contributed by atoms with van der Waals surface area (Å²) < 4.78 is 16.8. The van der Waals surface area contributed by atoms with Gasteiger partial charge in [-0.1, -0.05) is 30.3 Å². The minimum Gasteiger partial charge on any atom is -0.493 e. The molecule has 0 radical (unpaired) electrons. The highest BCUT2D eigenvalue weighted by molar-refractivity contribution is 5.71. The lowest BCUT2D eigenvalue weighted by Crippen LogP contribution is -2.44. The van der Waals surface area contributed by atoms with Gasteiger partial charge in [0, 0.05) is 26.2 Å². The summed E-state index contributed by atoms with van der Waals surface area (Å²) in [6.07, 6.45) is 0.231. The first kappa shape index (κ1) is 18.7. The number of morpholine rings is 1. The van der Waals surface area contributed by atoms with E-state index in [4.69, 9.17) is 14.2 Å². The molecule has 2 aromatic carbocycles. The molecule has 0 unspecified atom stereocenters. The number of methoxy groups -OCH3 is 2. The number of benzene rings is 2. The summed E-state index contributed by atoms with van der Waals surface area (Å²) in [7, 11) is 5.47. The van der Waals surface area contributed by atoms with Crippen molar-refractivity contribution in [3.8, 4) is 22.6 Å². The number of rotatable bonds is 7. The number of nitrogens with zero attached hydrogens (tertiary/aromatic N) is 1. The van der Waals surface area contributed by atoms with E-state index in [-0.39, 0.29) is 6.10 Å². The Bertz CT molecular complexity index is 706. The van der Waals surface area contributed by atoms with Gasteiger partial charge in [0.2, 0.25) is 0 Å². The van der Waals surface area contributed by atoms with Crippen molar-refractivity contribution in [1.29, 1.82) is 0 Å². The van der Waals surface area contributed by atoms with Gasteiger partial charge in [0.25, 0.3) is 0 Å². The monoisotopic (exact) mass is 356 g/mol. The second-order valence-electron chi connectivity index (χ2n) is 6.62. The Hall–Kier alpha value is -2.08. The summed E-state index contributed by atoms with van der Waals surface area (Å²) in [6.45, 7) is 4.34. The Morgan fingerprint density at radius 2 is 1.85 bits per heavy atom. The van der Waals surface area contributed by atoms with Crippen LogP contribution in [0.2, 0.25) is 0 Å². The Balaban J connectivity index is 1.78. The zero-order chi connectivity index (χ0) is 18.4. The second kappa shape index (κ2) is 9.03. The largest absolute Gasteiger partial charge is 0.493 e. The third-order valence-corrected chi connectivity index (χ3v) is 4.72. The molecule has 1 heterocycles. The highest BCUT2D eigenvalue weighted by Crippen LogP contribution is 2.35. The quantitative estimate of drug-likeness (QED) is 0.826. The van der Waals surface area contributed by atoms with Gasteiger partial charge in [-0.2, -0.15) is 0 Å². The van der Waals surface area contributed by atoms with Crippen molar-refractivity contribution >= 4 is 0 Å². The molecular formula is C21H28N2O3. The third kappa shape index (κ3) is 4.55. The van der Waals surface area contributed by atoms with Gasteiger partial charge in [-0.15, -0.1) is 0 Å². The highest BCUT2D eigenvalue weighted by Gasteiger charge is 2.18. The number of hydrogen-bond donors (Lipinski definition) is 1. The maximum absolute atomic E-state index is 5.83. The van der Waals surface area contributed by atoms with Gasteiger partial charge < -0.3 is 24.4 Å². The Labute approximate surface area is 155 Å². The van der Waals surface area contributed by atoms with Crippen LogP contribution >= 0.6 is 0 Å². The molecule has 0 aromatic heterocycles. The van der Waals surface area contributed by atoms with Crippen LogP contribution < -0.4 is 14.8 Å². The van der Waals surface area contributed by atoms with E-state index in [0.29, 0.717) is 0 Å². The fourth-order valence-electron chi connectivity index (χ4n) is 3.31. The van der Waals surface area contributed by atoms with Crippen LogP contribution in [-0.2, 0) is 11.3 Å². The first-order valence-electron chi connectivity index (χ1n) is 9.02. The van der Waals surface area contributed by atoms with Crippen LogP contribution in [0.1, 0.15) is 5.56 Å². The van der Waals surface area contributed by atoms with Crippen molar-refractivity contribution in [2.24, 2.45) is 0 Å². The molecular weight excluding hydrogens is 328 g/mol. The van der Waals surface area contributed by atoms with Crippen LogP contribution in [0.5, 0.6) is 11.5 Å². The van der Waals surface area contributed by atoms with E-state index in [1.165, 1.54) is 11.1 Å². The van der Waals surface area contributed by atoms with Gasteiger partial charge in [-0.05, 0) is 35.9 Å². The standard InChI is InChI=1S/C21H28N2O3/c1-23-9-10-26-18(15-23)14-22-13-17-11-20(24-2)21(25-3)12-19(17)16-7-5-4-6-8-16/h4-8,11-12,18,22H,9-10,13-15H2,1-3H3/t18-/m0/s1. The lowest BCUT2D eigenvalue weighted by atomic mass is 9.98. The van der Waals surface area contributed by atoms with Gasteiger partial charge in [-0.25, -0.2) is 0 Å². The smallest absolute Gasteiger partial charge is 0.161 e. The fourth-order valence-corrected chi connectivity index (χ4v) is 3.31. The first-order valence-corrected chi connectivity index (χ1v) is 9.02. The van der Waals surface area contributed by atoms with E-state index in [9.17, 15) is 0 Å². The Kier molecular flexibility index (Phi) is 6.50. The molecule has 0 saturated carbocycles. The van der Waals surface area contributed by atoms with Crippen LogP contribution in [0, 0.1) is 0 Å². The van der Waals surface area contributed by atoms with Crippen molar-refractivity contribution < 1.29 is 14.2 Å². The molecule has 1 N–H and O–H groups in total. The van der Waals surface area contributed by atoms with E-state index >= 15 is 0 Å². The van der Waals surface area contributed by atoms with E-state index in [0.717, 1.165) is 49.8 Å². The molecule has 0 spiro atoms. The van der Waals surface area contributed by atoms with Crippen LogP contribution in [0.4, 0.5) is 0 Å². The fraction of sp³-hybridized carbons (Fsp3) is 0.429. The normalized spacial score (nSPS) is 17.9. The first-order chi connectivity index (χ1) is 12.7. The molecule has 1 saturated heterocycles. The van der Waals surface area contributed by atoms with Gasteiger partial charge in [0.15, 0.2) is 11.5 Å². The summed E-state index contributed by atoms with van der Waals surface area (Å²) in [5, 5.41) is 3.54. The van der Waals surface area contributed by atoms with Crippen molar-refractivity contribution in [3.05, 3.63) is 48.0 Å². The van der Waals surface area contributed by atoms with Crippen molar-refractivity contribution in [3.63, 3.8) is 0 Å². The highest BCUT2D eigenvalue weighted by atomic mass is 16.5. The molecule has 1 aliphatic rings. The predicted octanol–water partition coefficient (Wildman–Crippen LogP) is 2.79. The van der Waals surface area contributed by atoms with Crippen molar-refractivity contribution in [2.45, 2.75) is 12.6 Å². The minimum atomic E-state index is 0.231. The third-order valence-electron chi connectivity index (χ3n) is 4.72. The molecule has 5 heteroatoms. The molecule has 140 valence electrons. The molecule has 0 bridgehead atoms. The summed E-state index contributed by atoms with van der Waals surface area (Å²) >= 11 is 0. The second-order valence-corrected chi connectivity index (χ2v) is 6.62. The molecule has 5 nitrogen and oxygen atoms in total. The van der Waals surface area contributed by atoms with E-state index in [1.54, 1.807) is 14.2 Å². The summed E-state index contributed by atoms with van der Waals surface area (Å²) in [6, 6.07) is 14.5. The van der Waals surface area contributed by atoms with Gasteiger partial charge in [0.05, 0.1) is 26.9 Å². The van der Waals surface area contributed by atoms with Crippen LogP contribution in [0.25, 0.3) is 11.1 Å². The zero-order valence-corrected chi connectivity index (χ0v) is 15.8. The maximum atomic E-state index is 5.83. The number of likely N-dealkylation sites (N-methyl/N-ethyl adjacent to an activating group) is 1. The van der Waals surface area contributed by atoms with Crippen LogP contribution in [0.3, 0.4) is 0 Å². The topological polar surface area (TPSA) is 43.0 Å². The molecule has 1 fully saturated rings.